The maximum Gasteiger partial charge on any atom is 0.397 e. The molecule has 0 unspecified atom stereocenters. The van der Waals surface area contributed by atoms with E-state index in [9.17, 15) is 31.3 Å². The smallest absolute Gasteiger partial charge is 0.387 e. The summed E-state index contributed by atoms with van der Waals surface area (Å²) >= 11 is 0. The number of ketones is 1. The Morgan fingerprint density at radius 3 is 1.90 bits per heavy atom. The predicted octanol–water partition coefficient (Wildman–Crippen LogP) is 2.82. The van der Waals surface area contributed by atoms with Gasteiger partial charge in [-0.1, -0.05) is 13.5 Å². The Morgan fingerprint density at radius 1 is 0.657 bits per heavy atom. The normalized spacial score (nSPS) is 54.3. The molecule has 0 aromatic heterocycles. The van der Waals surface area contributed by atoms with Gasteiger partial charge in [-0.05, 0) is 71.8 Å². The topological polar surface area (TPSA) is 266 Å². The second kappa shape index (κ2) is 17.9. The van der Waals surface area contributed by atoms with E-state index in [-0.39, 0.29) is 85.6 Å². The van der Waals surface area contributed by atoms with Crippen LogP contribution in [0.3, 0.4) is 0 Å². The number of carbonyl (C=O) groups is 1. The molecule has 11 rings (SSSR count). The van der Waals surface area contributed by atoms with E-state index in [1.807, 2.05) is 6.92 Å². The lowest BCUT2D eigenvalue weighted by Gasteiger charge is -2.59. The van der Waals surface area contributed by atoms with Gasteiger partial charge < -0.3 is 57.2 Å². The van der Waals surface area contributed by atoms with Crippen molar-refractivity contribution in [1.29, 1.82) is 0 Å². The molecule has 0 bridgehead atoms. The molecule has 0 radical (unpaired) electrons. The van der Waals surface area contributed by atoms with E-state index in [2.05, 4.69) is 31.5 Å². The minimum atomic E-state index is -4.94. The summed E-state index contributed by atoms with van der Waals surface area (Å²) in [4.78, 5) is 12.4. The van der Waals surface area contributed by atoms with Crippen LogP contribution in [0.15, 0.2) is 12.2 Å². The molecule has 21 nitrogen and oxygen atoms in total. The van der Waals surface area contributed by atoms with Crippen LogP contribution in [0.4, 0.5) is 0 Å². The highest BCUT2D eigenvalue weighted by Gasteiger charge is 2.65. The van der Waals surface area contributed by atoms with Crippen molar-refractivity contribution < 1.29 is 96.3 Å². The van der Waals surface area contributed by atoms with Crippen LogP contribution in [0.2, 0.25) is 0 Å². The monoisotopic (exact) mass is 1030 g/mol. The number of fused-ring (bicyclic) bond motifs is 10. The summed E-state index contributed by atoms with van der Waals surface area (Å²) in [6, 6.07) is 0. The van der Waals surface area contributed by atoms with Gasteiger partial charge in [-0.25, -0.2) is 8.37 Å². The zero-order valence-corrected chi connectivity index (χ0v) is 42.2. The van der Waals surface area contributed by atoms with Gasteiger partial charge in [-0.15, -0.1) is 0 Å². The number of carbonyl (C=O) groups excluding carboxylic acids is 1. The zero-order valence-electron chi connectivity index (χ0n) is 40.5. The first-order valence-corrected chi connectivity index (χ1v) is 27.9. The lowest BCUT2D eigenvalue weighted by atomic mass is 9.74. The number of rotatable bonds is 7. The van der Waals surface area contributed by atoms with Crippen molar-refractivity contribution in [3.63, 3.8) is 0 Å². The summed E-state index contributed by atoms with van der Waals surface area (Å²) in [6.45, 7) is 14.9. The third-order valence-corrected chi connectivity index (χ3v) is 19.0. The lowest BCUT2D eigenvalue weighted by Crippen LogP contribution is -2.73. The molecule has 396 valence electrons. The average Bonchev–Trinajstić information content (AvgIpc) is 3.44. The molecule has 25 atom stereocenters. The van der Waals surface area contributed by atoms with E-state index in [1.165, 1.54) is 13.8 Å². The molecule has 0 amide bonds. The van der Waals surface area contributed by atoms with Crippen LogP contribution in [0, 0.1) is 5.92 Å². The van der Waals surface area contributed by atoms with Gasteiger partial charge in [0.25, 0.3) is 0 Å². The average molecular weight is 1040 g/mol. The quantitative estimate of drug-likeness (QED) is 0.244. The Morgan fingerprint density at radius 2 is 1.23 bits per heavy atom. The van der Waals surface area contributed by atoms with Gasteiger partial charge in [0, 0.05) is 51.4 Å². The maximum atomic E-state index is 12.4. The number of aliphatic hydroxyl groups excluding tert-OH is 1. The van der Waals surface area contributed by atoms with Crippen LogP contribution in [0.5, 0.6) is 0 Å². The predicted molar refractivity (Wildman–Crippen MR) is 238 cm³/mol. The SMILES string of the molecule is C=C1C[C@@H]2O[C@@]3(C)[C@H](C[C@H]2O[C@H]1C(C)=O)O[C@@H]1C[C@@H]2O[C@@H]4C[C@@H]5O[C@@H]6C[C@@H]7O[C@@H]8C[C@@H]9O[C@](C)(CCOS(=O)(=O)O)[C@@H](OS(=O)(=O)O)C[C@H]9O[C@H]8C[C@H]7O[C@H]6CC[C@@]5(C)O[C@@]4(C)C[C@H](C)[C@H]2O[C@H]1[C@H]3O. The van der Waals surface area contributed by atoms with Gasteiger partial charge in [0.1, 0.15) is 30.0 Å². The van der Waals surface area contributed by atoms with Crippen LogP contribution < -0.4 is 0 Å². The zero-order chi connectivity index (χ0) is 49.7. The third-order valence-electron chi connectivity index (χ3n) is 18.0. The Hall–Kier alpha value is -1.33. The molecular formula is C47H70O21S2. The summed E-state index contributed by atoms with van der Waals surface area (Å²) < 4.78 is 149. The number of hydrogen-bond acceptors (Lipinski definition) is 19. The molecule has 11 aliphatic heterocycles. The van der Waals surface area contributed by atoms with Gasteiger partial charge >= 0.3 is 20.8 Å². The van der Waals surface area contributed by atoms with Crippen LogP contribution >= 0.6 is 0 Å². The van der Waals surface area contributed by atoms with E-state index < -0.39 is 111 Å². The molecule has 11 saturated heterocycles. The fourth-order valence-electron chi connectivity index (χ4n) is 14.5. The molecule has 0 aromatic carbocycles. The third kappa shape index (κ3) is 9.21. The maximum absolute atomic E-state index is 12.4. The molecule has 3 N–H and O–H groups in total. The summed E-state index contributed by atoms with van der Waals surface area (Å²) in [7, 11) is -9.72. The van der Waals surface area contributed by atoms with Crippen LogP contribution in [0.25, 0.3) is 0 Å². The van der Waals surface area contributed by atoms with Crippen molar-refractivity contribution in [2.45, 2.75) is 263 Å². The second-order valence-corrected chi connectivity index (χ2v) is 25.2. The van der Waals surface area contributed by atoms with Crippen LogP contribution in [-0.4, -0.2) is 188 Å². The highest BCUT2D eigenvalue weighted by Crippen LogP contribution is 2.54. The summed E-state index contributed by atoms with van der Waals surface area (Å²) in [5, 5.41) is 12.1. The Kier molecular flexibility index (Phi) is 13.0. The van der Waals surface area contributed by atoms with Crippen molar-refractivity contribution in [3.05, 3.63) is 12.2 Å². The van der Waals surface area contributed by atoms with Crippen LogP contribution in [0.1, 0.15) is 119 Å². The molecule has 70 heavy (non-hydrogen) atoms. The fourth-order valence-corrected chi connectivity index (χ4v) is 15.4. The van der Waals surface area contributed by atoms with Gasteiger partial charge in [0.2, 0.25) is 0 Å². The Balaban J connectivity index is 0.753. The fraction of sp³-hybridized carbons (Fsp3) is 0.936. The first-order chi connectivity index (χ1) is 32.8. The van der Waals surface area contributed by atoms with Gasteiger partial charge in [0.05, 0.1) is 121 Å². The molecule has 11 aliphatic rings. The number of Topliss-reactive ketones (excluding diaryl/α,β-unsaturated/α-hetero) is 1. The summed E-state index contributed by atoms with van der Waals surface area (Å²) in [5.41, 5.74) is -3.19. The number of aliphatic hydroxyl groups is 1. The highest BCUT2D eigenvalue weighted by atomic mass is 32.3. The van der Waals surface area contributed by atoms with E-state index in [0.717, 1.165) is 0 Å². The van der Waals surface area contributed by atoms with E-state index in [4.69, 9.17) is 60.8 Å². The van der Waals surface area contributed by atoms with Crippen molar-refractivity contribution >= 4 is 26.6 Å². The minimum absolute atomic E-state index is 0.000839. The molecule has 0 aromatic rings. The number of ether oxygens (including phenoxy) is 11. The van der Waals surface area contributed by atoms with Gasteiger partial charge in [0.15, 0.2) is 5.78 Å². The molecular weight excluding hydrogens is 965 g/mol. The lowest BCUT2D eigenvalue weighted by molar-refractivity contribution is -0.359. The van der Waals surface area contributed by atoms with E-state index >= 15 is 0 Å². The second-order valence-electron chi connectivity index (χ2n) is 23.1. The Labute approximate surface area is 409 Å². The van der Waals surface area contributed by atoms with Crippen molar-refractivity contribution in [2.75, 3.05) is 6.61 Å². The number of hydrogen-bond donors (Lipinski definition) is 3. The molecule has 11 fully saturated rings. The van der Waals surface area contributed by atoms with Crippen LogP contribution in [-0.2, 0) is 86.1 Å². The summed E-state index contributed by atoms with van der Waals surface area (Å²) in [6.07, 6.45) is -4.62. The standard InChI is InChI=1S/C47H70O21S2/c1-21-12-32-31(63-40(21)23(3)48)18-39-47(7,66-32)43(49)42-35(62-39)16-34-41(64-42)22(2)20-46(6)37(61-34)19-36-45(5,68-46)9-8-24-25(60-36)13-27-26(57-24)14-28-29(58-27)15-33-30(59-28)17-38(67-70(53,54)55)44(4,65-33)10-11-56-69(50,51)52/h22,24-43,49H,1,8-20H2,2-7H3,(H,50,51,52)(H,53,54,55)/t22-,24-,25+,26+,27-,28-,29+,30+,31+,32-,33-,34-,35+,36-,37+,38-,39-,40+,41+,42+,43+,44+,45+,46-,47-/m0/s1. The van der Waals surface area contributed by atoms with Gasteiger partial charge in [-0.2, -0.15) is 16.8 Å². The van der Waals surface area contributed by atoms with E-state index in [0.29, 0.717) is 69.8 Å². The van der Waals surface area contributed by atoms with Gasteiger partial charge in [-0.3, -0.25) is 13.9 Å². The van der Waals surface area contributed by atoms with Crippen molar-refractivity contribution in [3.8, 4) is 0 Å². The largest absolute Gasteiger partial charge is 0.397 e. The minimum Gasteiger partial charge on any atom is -0.387 e. The molecule has 0 spiro atoms. The molecule has 11 heterocycles. The summed E-state index contributed by atoms with van der Waals surface area (Å²) in [5.74, 6) is -0.0983. The Bertz CT molecular complexity index is 2270. The highest BCUT2D eigenvalue weighted by molar-refractivity contribution is 7.81. The van der Waals surface area contributed by atoms with Crippen molar-refractivity contribution in [1.82, 2.24) is 0 Å². The molecule has 0 aliphatic carbocycles. The van der Waals surface area contributed by atoms with Crippen molar-refractivity contribution in [2.24, 2.45) is 5.92 Å². The van der Waals surface area contributed by atoms with E-state index in [1.54, 1.807) is 0 Å². The first-order valence-electron chi connectivity index (χ1n) is 25.2. The first kappa shape index (κ1) is 50.8. The molecule has 23 heteroatoms. The molecule has 0 saturated carbocycles.